The van der Waals surface area contributed by atoms with Gasteiger partial charge in [-0.1, -0.05) is 39.3 Å². The van der Waals surface area contributed by atoms with E-state index in [2.05, 4.69) is 39.0 Å². The minimum atomic E-state index is 0.294. The molecule has 0 amide bonds. The summed E-state index contributed by atoms with van der Waals surface area (Å²) < 4.78 is 0. The Bertz CT molecular complexity index is 524. The lowest BCUT2D eigenvalue weighted by molar-refractivity contribution is -0.158. The van der Waals surface area contributed by atoms with Crippen LogP contribution in [-0.4, -0.2) is 0 Å². The number of hydrogen-bond acceptors (Lipinski definition) is 1. The standard InChI is InChI=1S/C20H29N/c1-18(2)9-4-10-19(3)16(18)8-12-20-11-7-15(20)14(13-21)5-6-17(19)20/h7,11,14-17H,4-6,8-10,12H2,1-3H3/t14-,15-,16+,17-,19+,20+/m1/s1. The van der Waals surface area contributed by atoms with Crippen molar-refractivity contribution >= 4 is 0 Å². The van der Waals surface area contributed by atoms with Gasteiger partial charge in [0.2, 0.25) is 0 Å². The maximum absolute atomic E-state index is 9.50. The van der Waals surface area contributed by atoms with E-state index in [-0.39, 0.29) is 0 Å². The molecule has 1 heteroatoms. The van der Waals surface area contributed by atoms with Gasteiger partial charge < -0.3 is 0 Å². The van der Waals surface area contributed by atoms with Crippen molar-refractivity contribution in [2.24, 2.45) is 39.9 Å². The molecule has 0 aliphatic heterocycles. The lowest BCUT2D eigenvalue weighted by atomic mass is 9.36. The van der Waals surface area contributed by atoms with Gasteiger partial charge in [-0.15, -0.1) is 0 Å². The molecular formula is C20H29N. The summed E-state index contributed by atoms with van der Waals surface area (Å²) in [5.41, 5.74) is 1.43. The van der Waals surface area contributed by atoms with E-state index in [1.807, 2.05) is 0 Å². The van der Waals surface area contributed by atoms with Gasteiger partial charge >= 0.3 is 0 Å². The van der Waals surface area contributed by atoms with Crippen LogP contribution >= 0.6 is 0 Å². The van der Waals surface area contributed by atoms with Crippen LogP contribution in [-0.2, 0) is 0 Å². The molecule has 3 saturated carbocycles. The lowest BCUT2D eigenvalue weighted by Gasteiger charge is -2.68. The Morgan fingerprint density at radius 1 is 1.00 bits per heavy atom. The molecule has 0 aromatic rings. The smallest absolute Gasteiger partial charge is 0.0662 e. The summed E-state index contributed by atoms with van der Waals surface area (Å²) in [6, 6.07) is 2.61. The number of nitriles is 1. The third-order valence-corrected chi connectivity index (χ3v) is 8.19. The molecule has 4 rings (SSSR count). The summed E-state index contributed by atoms with van der Waals surface area (Å²) in [6.45, 7) is 7.64. The summed E-state index contributed by atoms with van der Waals surface area (Å²) in [6.07, 6.45) is 14.3. The zero-order valence-corrected chi connectivity index (χ0v) is 13.9. The van der Waals surface area contributed by atoms with Crippen molar-refractivity contribution in [3.8, 4) is 6.07 Å². The van der Waals surface area contributed by atoms with Crippen LogP contribution < -0.4 is 0 Å². The van der Waals surface area contributed by atoms with Crippen LogP contribution in [0.1, 0.15) is 65.7 Å². The van der Waals surface area contributed by atoms with Crippen LogP contribution in [0.15, 0.2) is 12.2 Å². The van der Waals surface area contributed by atoms with E-state index >= 15 is 0 Å². The van der Waals surface area contributed by atoms with E-state index < -0.39 is 0 Å². The first-order valence-corrected chi connectivity index (χ1v) is 9.03. The number of allylic oxidation sites excluding steroid dienone is 2. The third-order valence-electron chi connectivity index (χ3n) is 8.19. The Hall–Kier alpha value is -0.770. The zero-order valence-electron chi connectivity index (χ0n) is 13.9. The maximum atomic E-state index is 9.50. The van der Waals surface area contributed by atoms with Crippen LogP contribution in [0, 0.1) is 51.2 Å². The van der Waals surface area contributed by atoms with E-state index in [1.165, 1.54) is 38.5 Å². The second-order valence-corrected chi connectivity index (χ2v) is 9.30. The minimum absolute atomic E-state index is 0.294. The topological polar surface area (TPSA) is 23.8 Å². The maximum Gasteiger partial charge on any atom is 0.0662 e. The summed E-state index contributed by atoms with van der Waals surface area (Å²) in [5.74, 6) is 2.60. The van der Waals surface area contributed by atoms with E-state index in [9.17, 15) is 5.26 Å². The number of nitrogens with zero attached hydrogens (tertiary/aromatic N) is 1. The fraction of sp³-hybridized carbons (Fsp3) is 0.850. The molecule has 0 bridgehead atoms. The number of hydrogen-bond donors (Lipinski definition) is 0. The highest BCUT2D eigenvalue weighted by Gasteiger charge is 2.64. The molecule has 0 N–H and O–H groups in total. The molecule has 1 spiro atoms. The highest BCUT2D eigenvalue weighted by atomic mass is 14.7. The molecule has 114 valence electrons. The molecule has 0 aromatic carbocycles. The van der Waals surface area contributed by atoms with Gasteiger partial charge in [0, 0.05) is 5.92 Å². The highest BCUT2D eigenvalue weighted by Crippen LogP contribution is 2.71. The molecule has 6 atom stereocenters. The molecule has 0 radical (unpaired) electrons. The van der Waals surface area contributed by atoms with Crippen LogP contribution in [0.25, 0.3) is 0 Å². The van der Waals surface area contributed by atoms with Gasteiger partial charge in [-0.3, -0.25) is 0 Å². The van der Waals surface area contributed by atoms with Crippen molar-refractivity contribution in [3.05, 3.63) is 12.2 Å². The molecule has 0 unspecified atom stereocenters. The summed E-state index contributed by atoms with van der Waals surface area (Å²) >= 11 is 0. The monoisotopic (exact) mass is 283 g/mol. The minimum Gasteiger partial charge on any atom is -0.198 e. The first kappa shape index (κ1) is 13.9. The van der Waals surface area contributed by atoms with Crippen LogP contribution in [0.3, 0.4) is 0 Å². The van der Waals surface area contributed by atoms with Crippen LogP contribution in [0.2, 0.25) is 0 Å². The Morgan fingerprint density at radius 2 is 1.81 bits per heavy atom. The van der Waals surface area contributed by atoms with Crippen LogP contribution in [0.4, 0.5) is 0 Å². The van der Waals surface area contributed by atoms with E-state index in [0.29, 0.717) is 28.1 Å². The van der Waals surface area contributed by atoms with Crippen molar-refractivity contribution in [2.75, 3.05) is 0 Å². The summed E-state index contributed by atoms with van der Waals surface area (Å²) in [7, 11) is 0. The molecule has 3 fully saturated rings. The van der Waals surface area contributed by atoms with Gasteiger partial charge in [0.25, 0.3) is 0 Å². The van der Waals surface area contributed by atoms with Crippen molar-refractivity contribution in [1.29, 1.82) is 5.26 Å². The average Bonchev–Trinajstić information content (AvgIpc) is 2.40. The Labute approximate surface area is 129 Å². The molecular weight excluding hydrogens is 254 g/mol. The Morgan fingerprint density at radius 3 is 2.48 bits per heavy atom. The van der Waals surface area contributed by atoms with E-state index in [1.54, 1.807) is 0 Å². The van der Waals surface area contributed by atoms with Gasteiger partial charge in [-0.2, -0.15) is 5.26 Å². The zero-order chi connectivity index (χ0) is 14.9. The Balaban J connectivity index is 1.74. The first-order chi connectivity index (χ1) is 9.94. The van der Waals surface area contributed by atoms with E-state index in [4.69, 9.17) is 0 Å². The second kappa shape index (κ2) is 4.15. The Kier molecular flexibility index (Phi) is 2.74. The second-order valence-electron chi connectivity index (χ2n) is 9.30. The molecule has 21 heavy (non-hydrogen) atoms. The summed E-state index contributed by atoms with van der Waals surface area (Å²) in [4.78, 5) is 0. The van der Waals surface area contributed by atoms with Gasteiger partial charge in [-0.25, -0.2) is 0 Å². The van der Waals surface area contributed by atoms with Crippen molar-refractivity contribution in [2.45, 2.75) is 65.7 Å². The molecule has 0 heterocycles. The SMILES string of the molecule is CC1(C)CCC[C@]2(C)[C@H]3CC[C@H](C#N)[C@H]4C=C[C@]43CC[C@@H]12. The van der Waals surface area contributed by atoms with Crippen molar-refractivity contribution in [1.82, 2.24) is 0 Å². The average molecular weight is 283 g/mol. The largest absolute Gasteiger partial charge is 0.198 e. The number of fused-ring (bicyclic) bond motifs is 2. The van der Waals surface area contributed by atoms with Crippen molar-refractivity contribution in [3.63, 3.8) is 0 Å². The summed E-state index contributed by atoms with van der Waals surface area (Å²) in [5, 5.41) is 9.50. The first-order valence-electron chi connectivity index (χ1n) is 9.03. The third kappa shape index (κ3) is 1.57. The molecule has 4 aliphatic carbocycles. The van der Waals surface area contributed by atoms with Gasteiger partial charge in [-0.05, 0) is 66.6 Å². The lowest BCUT2D eigenvalue weighted by Crippen LogP contribution is -2.61. The predicted octanol–water partition coefficient (Wildman–Crippen LogP) is 5.33. The number of rotatable bonds is 0. The molecule has 0 saturated heterocycles. The molecule has 1 nitrogen and oxygen atoms in total. The van der Waals surface area contributed by atoms with Gasteiger partial charge in [0.1, 0.15) is 0 Å². The van der Waals surface area contributed by atoms with Gasteiger partial charge in [0.05, 0.1) is 12.0 Å². The predicted molar refractivity (Wildman–Crippen MR) is 85.4 cm³/mol. The van der Waals surface area contributed by atoms with Crippen molar-refractivity contribution < 1.29 is 0 Å². The fourth-order valence-electron chi connectivity index (χ4n) is 7.32. The van der Waals surface area contributed by atoms with E-state index in [0.717, 1.165) is 18.3 Å². The normalized spacial score (nSPS) is 53.6. The quantitative estimate of drug-likeness (QED) is 0.551. The fourth-order valence-corrected chi connectivity index (χ4v) is 7.32. The molecule has 4 aliphatic rings. The highest BCUT2D eigenvalue weighted by molar-refractivity contribution is 5.29. The van der Waals surface area contributed by atoms with Crippen LogP contribution in [0.5, 0.6) is 0 Å². The van der Waals surface area contributed by atoms with Gasteiger partial charge in [0.15, 0.2) is 0 Å². The molecule has 0 aromatic heterocycles.